The van der Waals surface area contributed by atoms with E-state index in [9.17, 15) is 5.11 Å². The third kappa shape index (κ3) is 3.13. The maximum atomic E-state index is 9.58. The van der Waals surface area contributed by atoms with Crippen molar-refractivity contribution in [2.75, 3.05) is 36.5 Å². The van der Waals surface area contributed by atoms with Crippen molar-refractivity contribution in [2.45, 2.75) is 31.4 Å². The number of β-amino-alcohol motifs (C(OH)–C–C–N with tert-alkyl or cyclic N) is 1. The molecule has 0 aromatic carbocycles. The molecule has 6 heteroatoms. The Kier molecular flexibility index (Phi) is 3.79. The Bertz CT molecular complexity index is 423. The summed E-state index contributed by atoms with van der Waals surface area (Å²) in [4.78, 5) is 10.7. The zero-order chi connectivity index (χ0) is 13.1. The van der Waals surface area contributed by atoms with Gasteiger partial charge in [0, 0.05) is 38.4 Å². The average molecular weight is 264 g/mol. The predicted octanol–water partition coefficient (Wildman–Crippen LogP) is 0.638. The molecular formula is C13H20N4O2. The fourth-order valence-corrected chi connectivity index (χ4v) is 2.60. The second-order valence-electron chi connectivity index (χ2n) is 5.18. The lowest BCUT2D eigenvalue weighted by molar-refractivity contribution is 0.0904. The van der Waals surface area contributed by atoms with E-state index in [2.05, 4.69) is 20.2 Å². The van der Waals surface area contributed by atoms with E-state index in [1.54, 1.807) is 6.33 Å². The Balaban J connectivity index is 1.65. The van der Waals surface area contributed by atoms with Crippen LogP contribution in [0, 0.1) is 0 Å². The lowest BCUT2D eigenvalue weighted by Gasteiger charge is -2.24. The number of rotatable bonds is 3. The smallest absolute Gasteiger partial charge is 0.134 e. The normalized spacial score (nSPS) is 24.7. The number of aromatic nitrogens is 2. The number of aliphatic hydroxyl groups is 1. The van der Waals surface area contributed by atoms with Gasteiger partial charge in [0.05, 0.1) is 6.10 Å². The van der Waals surface area contributed by atoms with Gasteiger partial charge >= 0.3 is 0 Å². The predicted molar refractivity (Wildman–Crippen MR) is 72.3 cm³/mol. The molecule has 0 saturated carbocycles. The third-order valence-electron chi connectivity index (χ3n) is 3.71. The Morgan fingerprint density at radius 2 is 2.11 bits per heavy atom. The van der Waals surface area contributed by atoms with Crippen LogP contribution in [0.25, 0.3) is 0 Å². The molecule has 1 aromatic heterocycles. The molecule has 0 radical (unpaired) electrons. The second kappa shape index (κ2) is 5.71. The van der Waals surface area contributed by atoms with E-state index in [0.29, 0.717) is 12.6 Å². The highest BCUT2D eigenvalue weighted by Crippen LogP contribution is 2.21. The number of nitrogens with one attached hydrogen (secondary N) is 1. The van der Waals surface area contributed by atoms with Gasteiger partial charge in [0.25, 0.3) is 0 Å². The van der Waals surface area contributed by atoms with Crippen LogP contribution >= 0.6 is 0 Å². The van der Waals surface area contributed by atoms with Gasteiger partial charge in [-0.25, -0.2) is 9.97 Å². The van der Waals surface area contributed by atoms with E-state index in [0.717, 1.165) is 50.7 Å². The summed E-state index contributed by atoms with van der Waals surface area (Å²) in [6.07, 6.45) is 4.19. The molecule has 2 aliphatic rings. The zero-order valence-electron chi connectivity index (χ0n) is 11.0. The van der Waals surface area contributed by atoms with Crippen LogP contribution in [-0.4, -0.2) is 53.5 Å². The maximum Gasteiger partial charge on any atom is 0.134 e. The van der Waals surface area contributed by atoms with Crippen molar-refractivity contribution in [2.24, 2.45) is 0 Å². The summed E-state index contributed by atoms with van der Waals surface area (Å²) >= 11 is 0. The van der Waals surface area contributed by atoms with E-state index in [4.69, 9.17) is 4.74 Å². The fourth-order valence-electron chi connectivity index (χ4n) is 2.60. The molecule has 19 heavy (non-hydrogen) atoms. The van der Waals surface area contributed by atoms with E-state index in [1.165, 1.54) is 0 Å². The van der Waals surface area contributed by atoms with Crippen LogP contribution in [-0.2, 0) is 4.74 Å². The molecule has 1 unspecified atom stereocenters. The monoisotopic (exact) mass is 264 g/mol. The Morgan fingerprint density at radius 1 is 1.26 bits per heavy atom. The van der Waals surface area contributed by atoms with Crippen LogP contribution < -0.4 is 10.2 Å². The fraction of sp³-hybridized carbons (Fsp3) is 0.692. The third-order valence-corrected chi connectivity index (χ3v) is 3.71. The summed E-state index contributed by atoms with van der Waals surface area (Å²) < 4.78 is 5.35. The number of aliphatic hydroxyl groups excluding tert-OH is 1. The number of hydrogen-bond acceptors (Lipinski definition) is 6. The highest BCUT2D eigenvalue weighted by atomic mass is 16.5. The van der Waals surface area contributed by atoms with Crippen molar-refractivity contribution in [1.82, 2.24) is 9.97 Å². The molecule has 2 N–H and O–H groups in total. The molecule has 2 saturated heterocycles. The topological polar surface area (TPSA) is 70.5 Å². The highest BCUT2D eigenvalue weighted by Gasteiger charge is 2.22. The van der Waals surface area contributed by atoms with Crippen LogP contribution in [0.5, 0.6) is 0 Å². The Hall–Kier alpha value is -1.40. The molecule has 0 amide bonds. The van der Waals surface area contributed by atoms with Crippen LogP contribution in [0.2, 0.25) is 0 Å². The van der Waals surface area contributed by atoms with E-state index in [-0.39, 0.29) is 6.10 Å². The Morgan fingerprint density at radius 3 is 2.84 bits per heavy atom. The summed E-state index contributed by atoms with van der Waals surface area (Å²) in [7, 11) is 0. The molecule has 3 rings (SSSR count). The first kappa shape index (κ1) is 12.6. The second-order valence-corrected chi connectivity index (χ2v) is 5.18. The van der Waals surface area contributed by atoms with Gasteiger partial charge < -0.3 is 20.1 Å². The first-order valence-electron chi connectivity index (χ1n) is 6.90. The van der Waals surface area contributed by atoms with Crippen molar-refractivity contribution in [3.63, 3.8) is 0 Å². The van der Waals surface area contributed by atoms with Crippen LogP contribution in [0.3, 0.4) is 0 Å². The van der Waals surface area contributed by atoms with E-state index >= 15 is 0 Å². The number of nitrogens with zero attached hydrogens (tertiary/aromatic N) is 3. The molecule has 0 bridgehead atoms. The van der Waals surface area contributed by atoms with Crippen LogP contribution in [0.1, 0.15) is 19.3 Å². The van der Waals surface area contributed by atoms with Gasteiger partial charge in [0.1, 0.15) is 18.0 Å². The first-order valence-corrected chi connectivity index (χ1v) is 6.90. The van der Waals surface area contributed by atoms with Crippen molar-refractivity contribution in [3.05, 3.63) is 12.4 Å². The van der Waals surface area contributed by atoms with Crippen molar-refractivity contribution < 1.29 is 9.84 Å². The van der Waals surface area contributed by atoms with Crippen molar-refractivity contribution in [3.8, 4) is 0 Å². The minimum absolute atomic E-state index is 0.234. The summed E-state index contributed by atoms with van der Waals surface area (Å²) in [5, 5.41) is 13.0. The summed E-state index contributed by atoms with van der Waals surface area (Å²) in [5.74, 6) is 1.75. The van der Waals surface area contributed by atoms with E-state index < -0.39 is 0 Å². The maximum absolute atomic E-state index is 9.58. The summed E-state index contributed by atoms with van der Waals surface area (Å²) in [5.41, 5.74) is 0. The molecule has 0 aliphatic carbocycles. The zero-order valence-corrected chi connectivity index (χ0v) is 11.0. The molecule has 0 spiro atoms. The number of hydrogen-bond donors (Lipinski definition) is 2. The first-order chi connectivity index (χ1) is 9.31. The SMILES string of the molecule is OC1CCN(c2cc(NC3CCOCC3)ncn2)C1. The van der Waals surface area contributed by atoms with Gasteiger partial charge in [-0.3, -0.25) is 0 Å². The van der Waals surface area contributed by atoms with Crippen LogP contribution in [0.4, 0.5) is 11.6 Å². The van der Waals surface area contributed by atoms with Gasteiger partial charge in [-0.05, 0) is 19.3 Å². The summed E-state index contributed by atoms with van der Waals surface area (Å²) in [6, 6.07) is 2.40. The minimum Gasteiger partial charge on any atom is -0.391 e. The molecule has 3 heterocycles. The molecule has 104 valence electrons. The number of ether oxygens (including phenoxy) is 1. The molecule has 2 aliphatic heterocycles. The lowest BCUT2D eigenvalue weighted by Crippen LogP contribution is -2.28. The Labute approximate surface area is 112 Å². The highest BCUT2D eigenvalue weighted by molar-refractivity contribution is 5.49. The van der Waals surface area contributed by atoms with Crippen molar-refractivity contribution in [1.29, 1.82) is 0 Å². The molecule has 2 fully saturated rings. The molecule has 6 nitrogen and oxygen atoms in total. The van der Waals surface area contributed by atoms with E-state index in [1.807, 2.05) is 6.07 Å². The summed E-state index contributed by atoms with van der Waals surface area (Å²) in [6.45, 7) is 3.14. The molecule has 1 aromatic rings. The quantitative estimate of drug-likeness (QED) is 0.835. The molecule has 1 atom stereocenters. The minimum atomic E-state index is -0.234. The lowest BCUT2D eigenvalue weighted by atomic mass is 10.1. The largest absolute Gasteiger partial charge is 0.391 e. The standard InChI is InChI=1S/C13H20N4O2/c18-11-1-4-17(8-11)13-7-12(14-9-15-13)16-10-2-5-19-6-3-10/h7,9-11,18H,1-6,8H2,(H,14,15,16). The van der Waals surface area contributed by atoms with Gasteiger partial charge in [-0.15, -0.1) is 0 Å². The van der Waals surface area contributed by atoms with Gasteiger partial charge in [0.15, 0.2) is 0 Å². The van der Waals surface area contributed by atoms with Gasteiger partial charge in [0.2, 0.25) is 0 Å². The average Bonchev–Trinajstić information content (AvgIpc) is 2.87. The van der Waals surface area contributed by atoms with Gasteiger partial charge in [-0.2, -0.15) is 0 Å². The van der Waals surface area contributed by atoms with Crippen LogP contribution in [0.15, 0.2) is 12.4 Å². The molecular weight excluding hydrogens is 244 g/mol. The van der Waals surface area contributed by atoms with Gasteiger partial charge in [-0.1, -0.05) is 0 Å². The number of anilines is 2. The van der Waals surface area contributed by atoms with Crippen molar-refractivity contribution >= 4 is 11.6 Å².